The Labute approximate surface area is 193 Å². The van der Waals surface area contributed by atoms with E-state index in [1.165, 1.54) is 5.56 Å². The number of carbonyl (C=O) groups excluding carboxylic acids is 1. The van der Waals surface area contributed by atoms with Crippen molar-refractivity contribution in [3.8, 4) is 16.8 Å². The van der Waals surface area contributed by atoms with Gasteiger partial charge < -0.3 is 5.32 Å². The largest absolute Gasteiger partial charge is 0.349 e. The monoisotopic (exact) mass is 443 g/mol. The third kappa shape index (κ3) is 5.22. The minimum absolute atomic E-state index is 0.0833. The highest BCUT2D eigenvalue weighted by Gasteiger charge is 2.19. The van der Waals surface area contributed by atoms with Crippen molar-refractivity contribution in [3.63, 3.8) is 0 Å². The molecule has 8 heteroatoms. The third-order valence-corrected chi connectivity index (χ3v) is 5.55. The molecule has 2 aromatic carbocycles. The van der Waals surface area contributed by atoms with Gasteiger partial charge in [-0.3, -0.25) is 14.8 Å². The van der Waals surface area contributed by atoms with E-state index in [2.05, 4.69) is 62.0 Å². The van der Waals surface area contributed by atoms with E-state index in [1.54, 1.807) is 10.9 Å². The summed E-state index contributed by atoms with van der Waals surface area (Å²) in [6.45, 7) is 10.0. The van der Waals surface area contributed by atoms with E-state index in [0.717, 1.165) is 28.4 Å². The van der Waals surface area contributed by atoms with Crippen LogP contribution in [0.1, 0.15) is 61.8 Å². The van der Waals surface area contributed by atoms with E-state index in [9.17, 15) is 4.79 Å². The number of tetrazole rings is 1. The van der Waals surface area contributed by atoms with Gasteiger partial charge in [-0.2, -0.15) is 4.68 Å². The van der Waals surface area contributed by atoms with Crippen LogP contribution < -0.4 is 5.32 Å². The summed E-state index contributed by atoms with van der Waals surface area (Å²) >= 11 is 0. The lowest BCUT2D eigenvalue weighted by atomic mass is 10.00. The van der Waals surface area contributed by atoms with Crippen molar-refractivity contribution in [1.29, 1.82) is 0 Å². The lowest BCUT2D eigenvalue weighted by Gasteiger charge is -2.17. The Hall–Kier alpha value is -3.68. The summed E-state index contributed by atoms with van der Waals surface area (Å²) in [5.41, 5.74) is 5.34. The number of hydrogen-bond donors (Lipinski definition) is 1. The normalized spacial score (nSPS) is 16.2. The van der Waals surface area contributed by atoms with Crippen molar-refractivity contribution < 1.29 is 4.79 Å². The number of hydrogen-bond acceptors (Lipinski definition) is 6. The lowest BCUT2D eigenvalue weighted by molar-refractivity contribution is 0.0937. The van der Waals surface area contributed by atoms with Crippen molar-refractivity contribution in [2.75, 3.05) is 0 Å². The number of amides is 1. The molecule has 8 nitrogen and oxygen atoms in total. The van der Waals surface area contributed by atoms with E-state index in [4.69, 9.17) is 0 Å². The molecule has 0 bridgehead atoms. The molecule has 0 fully saturated rings. The van der Waals surface area contributed by atoms with Crippen molar-refractivity contribution in [1.82, 2.24) is 25.5 Å². The number of aromatic nitrogens is 4. The summed E-state index contributed by atoms with van der Waals surface area (Å²) in [4.78, 5) is 22.1. The smallest absolute Gasteiger partial charge is 0.251 e. The quantitative estimate of drug-likeness (QED) is 0.593. The lowest BCUT2D eigenvalue weighted by Crippen LogP contribution is -2.34. The highest BCUT2D eigenvalue weighted by atomic mass is 16.1. The topological polar surface area (TPSA) is 97.4 Å². The maximum Gasteiger partial charge on any atom is 0.251 e. The van der Waals surface area contributed by atoms with Gasteiger partial charge in [-0.1, -0.05) is 43.7 Å². The molecule has 1 aromatic heterocycles. The molecule has 1 aliphatic rings. The van der Waals surface area contributed by atoms with E-state index in [0.29, 0.717) is 12.0 Å². The van der Waals surface area contributed by atoms with Gasteiger partial charge in [0.25, 0.3) is 5.91 Å². The van der Waals surface area contributed by atoms with Crippen molar-refractivity contribution >= 4 is 17.8 Å². The van der Waals surface area contributed by atoms with Crippen LogP contribution in [0.5, 0.6) is 0 Å². The minimum atomic E-state index is -0.153. The highest BCUT2D eigenvalue weighted by Crippen LogP contribution is 2.26. The first kappa shape index (κ1) is 22.5. The number of aliphatic imine (C=N–C) groups is 2. The summed E-state index contributed by atoms with van der Waals surface area (Å²) in [7, 11) is 0. The zero-order valence-corrected chi connectivity index (χ0v) is 19.6. The predicted octanol–water partition coefficient (Wildman–Crippen LogP) is 4.14. The number of nitrogens with one attached hydrogen (secondary N) is 1. The molecule has 2 unspecified atom stereocenters. The summed E-state index contributed by atoms with van der Waals surface area (Å²) in [6, 6.07) is 13.9. The number of nitrogens with zero attached hydrogens (tertiary/aromatic N) is 6. The highest BCUT2D eigenvalue weighted by molar-refractivity contribution is 6.30. The molecule has 0 spiro atoms. The Morgan fingerprint density at radius 2 is 1.82 bits per heavy atom. The van der Waals surface area contributed by atoms with Crippen LogP contribution in [0.25, 0.3) is 16.8 Å². The van der Waals surface area contributed by atoms with Gasteiger partial charge >= 0.3 is 0 Å². The minimum Gasteiger partial charge on any atom is -0.349 e. The molecule has 170 valence electrons. The van der Waals surface area contributed by atoms with Crippen LogP contribution in [0.4, 0.5) is 0 Å². The van der Waals surface area contributed by atoms with Crippen LogP contribution in [0.15, 0.2) is 52.4 Å². The van der Waals surface area contributed by atoms with Crippen LogP contribution >= 0.6 is 0 Å². The number of benzene rings is 2. The summed E-state index contributed by atoms with van der Waals surface area (Å²) in [6.07, 6.45) is 2.29. The Morgan fingerprint density at radius 3 is 2.48 bits per heavy atom. The second kappa shape index (κ2) is 9.44. The van der Waals surface area contributed by atoms with Crippen molar-refractivity contribution in [3.05, 3.63) is 59.4 Å². The first-order valence-electron chi connectivity index (χ1n) is 11.2. The zero-order valence-electron chi connectivity index (χ0n) is 19.6. The molecule has 4 rings (SSSR count). The molecule has 3 aromatic rings. The fraction of sp³-hybridized carbons (Fsp3) is 0.360. The van der Waals surface area contributed by atoms with Crippen LogP contribution in [0.2, 0.25) is 0 Å². The van der Waals surface area contributed by atoms with Gasteiger partial charge in [0.05, 0.1) is 11.4 Å². The average Bonchev–Trinajstić information content (AvgIpc) is 3.43. The molecule has 0 saturated carbocycles. The molecule has 1 aliphatic heterocycles. The summed E-state index contributed by atoms with van der Waals surface area (Å²) in [5.74, 6) is 0.721. The van der Waals surface area contributed by atoms with E-state index in [-0.39, 0.29) is 24.0 Å². The molecule has 2 atom stereocenters. The summed E-state index contributed by atoms with van der Waals surface area (Å²) in [5, 5.41) is 15.3. The fourth-order valence-corrected chi connectivity index (χ4v) is 3.81. The Balaban J connectivity index is 1.66. The maximum atomic E-state index is 13.2. The Morgan fingerprint density at radius 1 is 1.06 bits per heavy atom. The standard InChI is InChI=1S/C25H29N7O/c1-15(2)24-29-30-31-32(24)22-12-20(19-8-6-16(3)7-9-19)11-21(13-22)25(33)28-17(4)10-23-26-14-18(5)27-23/h6-9,11-15,17,23H,10H2,1-5H3,(H,28,33). The van der Waals surface area contributed by atoms with Crippen LogP contribution in [0, 0.1) is 6.92 Å². The molecular weight excluding hydrogens is 414 g/mol. The van der Waals surface area contributed by atoms with Crippen LogP contribution in [0.3, 0.4) is 0 Å². The van der Waals surface area contributed by atoms with Crippen molar-refractivity contribution in [2.24, 2.45) is 9.98 Å². The molecule has 1 amide bonds. The third-order valence-electron chi connectivity index (χ3n) is 5.55. The van der Waals surface area contributed by atoms with Gasteiger partial charge in [0.15, 0.2) is 5.82 Å². The van der Waals surface area contributed by atoms with E-state index >= 15 is 0 Å². The number of carbonyl (C=O) groups is 1. The summed E-state index contributed by atoms with van der Waals surface area (Å²) < 4.78 is 1.70. The van der Waals surface area contributed by atoms with Gasteiger partial charge in [0.1, 0.15) is 6.17 Å². The fourth-order valence-electron chi connectivity index (χ4n) is 3.81. The van der Waals surface area contributed by atoms with Gasteiger partial charge in [-0.25, -0.2) is 0 Å². The van der Waals surface area contributed by atoms with Gasteiger partial charge in [0, 0.05) is 30.2 Å². The van der Waals surface area contributed by atoms with Crippen LogP contribution in [-0.4, -0.2) is 50.2 Å². The Kier molecular flexibility index (Phi) is 6.44. The number of aryl methyl sites for hydroxylation is 1. The molecule has 33 heavy (non-hydrogen) atoms. The van der Waals surface area contributed by atoms with E-state index < -0.39 is 0 Å². The first-order chi connectivity index (χ1) is 15.8. The number of rotatable bonds is 7. The van der Waals surface area contributed by atoms with Gasteiger partial charge in [-0.05, 0) is 60.5 Å². The molecular formula is C25H29N7O. The second-order valence-electron chi connectivity index (χ2n) is 8.88. The van der Waals surface area contributed by atoms with E-state index in [1.807, 2.05) is 45.9 Å². The molecule has 1 N–H and O–H groups in total. The molecule has 0 radical (unpaired) electrons. The average molecular weight is 444 g/mol. The Bertz CT molecular complexity index is 1210. The predicted molar refractivity (Wildman–Crippen MR) is 130 cm³/mol. The van der Waals surface area contributed by atoms with Crippen molar-refractivity contribution in [2.45, 2.75) is 59.2 Å². The van der Waals surface area contributed by atoms with Gasteiger partial charge in [-0.15, -0.1) is 5.10 Å². The molecule has 2 heterocycles. The van der Waals surface area contributed by atoms with Gasteiger partial charge in [0.2, 0.25) is 0 Å². The van der Waals surface area contributed by atoms with Crippen LogP contribution in [-0.2, 0) is 0 Å². The zero-order chi connectivity index (χ0) is 23.5. The molecule has 0 aliphatic carbocycles. The molecule has 0 saturated heterocycles. The second-order valence-corrected chi connectivity index (χ2v) is 8.88. The SMILES string of the molecule is CC1=NC(CC(C)NC(=O)c2cc(-c3ccc(C)cc3)cc(-n3nnnc3C(C)C)c2)N=C1. The maximum absolute atomic E-state index is 13.2. The first-order valence-corrected chi connectivity index (χ1v) is 11.2.